The number of nitrogens with two attached hydrogens (primary N) is 1. The number of carbonyl (C=O) groups excluding carboxylic acids is 1. The van der Waals surface area contributed by atoms with Crippen LogP contribution in [0.5, 0.6) is 0 Å². The number of nitrogens with one attached hydrogen (secondary N) is 2. The fourth-order valence-electron chi connectivity index (χ4n) is 3.86. The lowest BCUT2D eigenvalue weighted by atomic mass is 9.89. The van der Waals surface area contributed by atoms with Gasteiger partial charge in [0.15, 0.2) is 5.43 Å². The molecule has 4 N–H and O–H groups in total. The summed E-state index contributed by atoms with van der Waals surface area (Å²) < 4.78 is 14.9. The lowest BCUT2D eigenvalue weighted by molar-refractivity contribution is 0.0908. The van der Waals surface area contributed by atoms with Gasteiger partial charge < -0.3 is 16.0 Å². The van der Waals surface area contributed by atoms with Crippen LogP contribution in [-0.2, 0) is 11.1 Å². The van der Waals surface area contributed by atoms with Gasteiger partial charge in [-0.3, -0.25) is 9.59 Å². The van der Waals surface area contributed by atoms with Gasteiger partial charge in [-0.15, -0.1) is 0 Å². The first-order chi connectivity index (χ1) is 15.0. The summed E-state index contributed by atoms with van der Waals surface area (Å²) in [5, 5.41) is 3.58. The highest BCUT2D eigenvalue weighted by Gasteiger charge is 2.26. The van der Waals surface area contributed by atoms with Crippen molar-refractivity contribution >= 4 is 27.7 Å². The Labute approximate surface area is 185 Å². The monoisotopic (exact) mass is 431 g/mol. The average molecular weight is 432 g/mol. The predicted octanol–water partition coefficient (Wildman–Crippen LogP) is 4.68. The summed E-state index contributed by atoms with van der Waals surface area (Å²) in [4.78, 5) is 28.9. The van der Waals surface area contributed by atoms with Crippen LogP contribution in [0.15, 0.2) is 65.5 Å². The van der Waals surface area contributed by atoms with Crippen LogP contribution in [0.4, 0.5) is 4.39 Å². The molecule has 1 heterocycles. The lowest BCUT2D eigenvalue weighted by Gasteiger charge is -2.28. The summed E-state index contributed by atoms with van der Waals surface area (Å²) in [5.74, 6) is -1.31. The maximum Gasteiger partial charge on any atom is 0.255 e. The third kappa shape index (κ3) is 3.89. The summed E-state index contributed by atoms with van der Waals surface area (Å²) in [7, 11) is 0. The number of carbonyl (C=O) groups is 1. The number of fused-ring (bicyclic) bond motifs is 2. The second-order valence-corrected chi connectivity index (χ2v) is 9.26. The molecule has 5 nitrogen and oxygen atoms in total. The number of aromatic nitrogens is 1. The van der Waals surface area contributed by atoms with Crippen molar-refractivity contribution < 1.29 is 9.18 Å². The molecule has 0 aliphatic heterocycles. The van der Waals surface area contributed by atoms with Gasteiger partial charge in [-0.2, -0.15) is 0 Å². The van der Waals surface area contributed by atoms with Crippen molar-refractivity contribution in [3.05, 3.63) is 93.4 Å². The molecule has 6 heteroatoms. The lowest BCUT2D eigenvalue weighted by Crippen LogP contribution is -2.41. The molecule has 0 radical (unpaired) electrons. The van der Waals surface area contributed by atoms with E-state index in [0.717, 1.165) is 17.2 Å². The number of hydrogen-bond donors (Lipinski definition) is 3. The topological polar surface area (TPSA) is 88.0 Å². The standard InChI is InChI=1S/C26H26FN3O2/c1-25(2,28)15-9-11-16(12-10-15)26(3,4)30-24(32)18-14-22-19(13-20(18)27)23(31)17-7-5-6-8-21(17)29-22/h5-14H,28H2,1-4H3,(H,29,31)(H,30,32). The van der Waals surface area contributed by atoms with E-state index in [1.54, 1.807) is 24.3 Å². The maximum atomic E-state index is 14.9. The largest absolute Gasteiger partial charge is 0.354 e. The molecule has 164 valence electrons. The molecule has 0 saturated heterocycles. The van der Waals surface area contributed by atoms with Crippen LogP contribution in [0.2, 0.25) is 0 Å². The Hall–Kier alpha value is -3.51. The second-order valence-electron chi connectivity index (χ2n) is 9.26. The summed E-state index contributed by atoms with van der Waals surface area (Å²) >= 11 is 0. The maximum absolute atomic E-state index is 14.9. The van der Waals surface area contributed by atoms with Crippen molar-refractivity contribution in [3.63, 3.8) is 0 Å². The number of halogens is 1. The van der Waals surface area contributed by atoms with Gasteiger partial charge in [-0.25, -0.2) is 4.39 Å². The van der Waals surface area contributed by atoms with E-state index in [1.165, 1.54) is 6.07 Å². The molecule has 0 aliphatic rings. The van der Waals surface area contributed by atoms with E-state index in [0.29, 0.717) is 16.4 Å². The SMILES string of the molecule is CC(C)(N)c1ccc(C(C)(C)NC(=O)c2cc3[nH]c4ccccc4c(=O)c3cc2F)cc1. The fourth-order valence-corrected chi connectivity index (χ4v) is 3.86. The number of amides is 1. The van der Waals surface area contributed by atoms with E-state index in [-0.39, 0.29) is 16.4 Å². The molecule has 0 aliphatic carbocycles. The fraction of sp³-hybridized carbons (Fsp3) is 0.231. The van der Waals surface area contributed by atoms with E-state index in [2.05, 4.69) is 10.3 Å². The summed E-state index contributed by atoms with van der Waals surface area (Å²) in [5.41, 5.74) is 7.39. The zero-order valence-electron chi connectivity index (χ0n) is 18.5. The first-order valence-corrected chi connectivity index (χ1v) is 10.4. The van der Waals surface area contributed by atoms with E-state index >= 15 is 0 Å². The highest BCUT2D eigenvalue weighted by atomic mass is 19.1. The molecule has 0 bridgehead atoms. The average Bonchev–Trinajstić information content (AvgIpc) is 2.73. The summed E-state index contributed by atoms with van der Waals surface area (Å²) in [6, 6.07) is 17.2. The number of H-pyrrole nitrogens is 1. The van der Waals surface area contributed by atoms with E-state index < -0.39 is 22.8 Å². The Morgan fingerprint density at radius 1 is 0.906 bits per heavy atom. The van der Waals surface area contributed by atoms with Crippen molar-refractivity contribution in [2.45, 2.75) is 38.8 Å². The third-order valence-electron chi connectivity index (χ3n) is 5.81. The Morgan fingerprint density at radius 3 is 2.19 bits per heavy atom. The van der Waals surface area contributed by atoms with Crippen molar-refractivity contribution in [2.75, 3.05) is 0 Å². The van der Waals surface area contributed by atoms with Gasteiger partial charge in [0.1, 0.15) is 5.82 Å². The molecule has 0 atom stereocenters. The minimum absolute atomic E-state index is 0.129. The molecule has 32 heavy (non-hydrogen) atoms. The third-order valence-corrected chi connectivity index (χ3v) is 5.81. The normalized spacial score (nSPS) is 12.3. The first kappa shape index (κ1) is 21.7. The second kappa shape index (κ2) is 7.57. The molecular formula is C26H26FN3O2. The van der Waals surface area contributed by atoms with Crippen LogP contribution in [0.1, 0.15) is 49.2 Å². The van der Waals surface area contributed by atoms with Crippen LogP contribution < -0.4 is 16.5 Å². The zero-order chi connectivity index (χ0) is 23.3. The van der Waals surface area contributed by atoms with Gasteiger partial charge in [-0.1, -0.05) is 36.4 Å². The first-order valence-electron chi connectivity index (χ1n) is 10.4. The molecular weight excluding hydrogens is 405 g/mol. The van der Waals surface area contributed by atoms with Gasteiger partial charge in [0.25, 0.3) is 5.91 Å². The number of rotatable bonds is 4. The Kier molecular flexibility index (Phi) is 5.13. The molecule has 1 aromatic heterocycles. The number of para-hydroxylation sites is 1. The number of aromatic amines is 1. The van der Waals surface area contributed by atoms with Gasteiger partial charge in [0.05, 0.1) is 16.6 Å². The van der Waals surface area contributed by atoms with Crippen LogP contribution in [0.25, 0.3) is 21.8 Å². The number of hydrogen-bond acceptors (Lipinski definition) is 3. The zero-order valence-corrected chi connectivity index (χ0v) is 18.5. The minimum atomic E-state index is -0.757. The van der Waals surface area contributed by atoms with Gasteiger partial charge in [-0.05, 0) is 63.1 Å². The summed E-state index contributed by atoms with van der Waals surface area (Å²) in [6.07, 6.45) is 0. The smallest absolute Gasteiger partial charge is 0.255 e. The number of pyridine rings is 1. The van der Waals surface area contributed by atoms with Crippen LogP contribution in [-0.4, -0.2) is 10.9 Å². The molecule has 4 rings (SSSR count). The van der Waals surface area contributed by atoms with Crippen LogP contribution >= 0.6 is 0 Å². The Morgan fingerprint density at radius 2 is 1.53 bits per heavy atom. The molecule has 4 aromatic rings. The van der Waals surface area contributed by atoms with Crippen molar-refractivity contribution in [1.29, 1.82) is 0 Å². The Bertz CT molecular complexity index is 1400. The highest BCUT2D eigenvalue weighted by molar-refractivity contribution is 6.00. The van der Waals surface area contributed by atoms with Crippen LogP contribution in [0, 0.1) is 5.82 Å². The predicted molar refractivity (Wildman–Crippen MR) is 126 cm³/mol. The van der Waals surface area contributed by atoms with E-state index in [9.17, 15) is 14.0 Å². The van der Waals surface area contributed by atoms with Crippen molar-refractivity contribution in [2.24, 2.45) is 5.73 Å². The quantitative estimate of drug-likeness (QED) is 0.410. The minimum Gasteiger partial charge on any atom is -0.354 e. The van der Waals surface area contributed by atoms with Gasteiger partial charge >= 0.3 is 0 Å². The van der Waals surface area contributed by atoms with Crippen LogP contribution in [0.3, 0.4) is 0 Å². The number of benzene rings is 3. The molecule has 3 aromatic carbocycles. The van der Waals surface area contributed by atoms with E-state index in [1.807, 2.05) is 52.0 Å². The molecule has 0 saturated carbocycles. The molecule has 0 unspecified atom stereocenters. The van der Waals surface area contributed by atoms with Crippen molar-refractivity contribution in [3.8, 4) is 0 Å². The van der Waals surface area contributed by atoms with Gasteiger partial charge in [0.2, 0.25) is 0 Å². The van der Waals surface area contributed by atoms with Crippen molar-refractivity contribution in [1.82, 2.24) is 10.3 Å². The molecule has 0 spiro atoms. The summed E-state index contributed by atoms with van der Waals surface area (Å²) in [6.45, 7) is 7.54. The highest BCUT2D eigenvalue weighted by Crippen LogP contribution is 2.25. The Balaban J connectivity index is 1.69. The molecule has 0 fully saturated rings. The van der Waals surface area contributed by atoms with E-state index in [4.69, 9.17) is 5.73 Å². The molecule has 1 amide bonds. The van der Waals surface area contributed by atoms with Gasteiger partial charge in [0, 0.05) is 21.8 Å².